The second-order valence-corrected chi connectivity index (χ2v) is 7.15. The third-order valence-corrected chi connectivity index (χ3v) is 5.90. The molecule has 1 atom stereocenters. The minimum Gasteiger partial charge on any atom is -0.511 e. The van der Waals surface area contributed by atoms with Crippen LogP contribution in [0.3, 0.4) is 0 Å². The summed E-state index contributed by atoms with van der Waals surface area (Å²) in [5, 5.41) is 10.3. The molecule has 0 aromatic heterocycles. The van der Waals surface area contributed by atoms with Crippen LogP contribution in [0.5, 0.6) is 0 Å². The Labute approximate surface area is 142 Å². The molecule has 0 spiro atoms. The zero-order valence-corrected chi connectivity index (χ0v) is 14.2. The normalized spacial score (nSPS) is 18.6. The van der Waals surface area contributed by atoms with E-state index in [1.54, 1.807) is 0 Å². The number of Topliss-reactive ketones (excluding diaryl/α,β-unsaturated/α-hetero) is 1. The van der Waals surface area contributed by atoms with Gasteiger partial charge in [-0.05, 0) is 39.5 Å². The number of aliphatic hydroxyl groups excluding tert-OH is 1. The largest absolute Gasteiger partial charge is 0.511 e. The van der Waals surface area contributed by atoms with Gasteiger partial charge in [-0.25, -0.2) is 0 Å². The Hall–Kier alpha value is -1.52. The smallest absolute Gasteiger partial charge is 0.173 e. The van der Waals surface area contributed by atoms with E-state index in [9.17, 15) is 9.90 Å². The van der Waals surface area contributed by atoms with Crippen molar-refractivity contribution in [2.45, 2.75) is 23.7 Å². The second-order valence-electron chi connectivity index (χ2n) is 5.25. The number of halogens is 1. The van der Waals surface area contributed by atoms with Crippen molar-refractivity contribution in [2.75, 3.05) is 0 Å². The van der Waals surface area contributed by atoms with E-state index < -0.39 is 0 Å². The van der Waals surface area contributed by atoms with Crippen LogP contribution >= 0.6 is 27.7 Å². The SMILES string of the molecule is O=C1CC(c2ccccc2)CC(O)=C1Sc1ccccc1Br. The van der Waals surface area contributed by atoms with Crippen LogP contribution in [0, 0.1) is 0 Å². The number of rotatable bonds is 3. The van der Waals surface area contributed by atoms with E-state index in [0.717, 1.165) is 14.9 Å². The van der Waals surface area contributed by atoms with Crippen LogP contribution in [0.25, 0.3) is 0 Å². The van der Waals surface area contributed by atoms with Gasteiger partial charge in [0.25, 0.3) is 0 Å². The van der Waals surface area contributed by atoms with Crippen molar-refractivity contribution in [1.29, 1.82) is 0 Å². The molecule has 1 N–H and O–H groups in total. The number of hydrogen-bond donors (Lipinski definition) is 1. The molecule has 0 aliphatic heterocycles. The standard InChI is InChI=1S/C18H15BrO2S/c19-14-8-4-5-9-17(14)22-18-15(20)10-13(11-16(18)21)12-6-2-1-3-7-12/h1-9,13,20H,10-11H2. The topological polar surface area (TPSA) is 37.3 Å². The molecule has 2 nitrogen and oxygen atoms in total. The van der Waals surface area contributed by atoms with Gasteiger partial charge in [0.05, 0.1) is 4.91 Å². The molecule has 0 heterocycles. The number of benzene rings is 2. The first-order chi connectivity index (χ1) is 10.6. The fourth-order valence-electron chi connectivity index (χ4n) is 2.59. The second kappa shape index (κ2) is 6.71. The molecular formula is C18H15BrO2S. The first kappa shape index (κ1) is 15.4. The maximum Gasteiger partial charge on any atom is 0.173 e. The van der Waals surface area contributed by atoms with Crippen LogP contribution in [-0.2, 0) is 4.79 Å². The van der Waals surface area contributed by atoms with Crippen molar-refractivity contribution in [3.63, 3.8) is 0 Å². The summed E-state index contributed by atoms with van der Waals surface area (Å²) in [5.74, 6) is 0.279. The summed E-state index contributed by atoms with van der Waals surface area (Å²) >= 11 is 4.81. The molecule has 0 radical (unpaired) electrons. The highest BCUT2D eigenvalue weighted by Crippen LogP contribution is 2.41. The zero-order valence-electron chi connectivity index (χ0n) is 11.8. The summed E-state index contributed by atoms with van der Waals surface area (Å²) in [7, 11) is 0. The molecule has 22 heavy (non-hydrogen) atoms. The molecule has 2 aromatic rings. The van der Waals surface area contributed by atoms with Crippen molar-refractivity contribution in [3.05, 3.63) is 75.3 Å². The van der Waals surface area contributed by atoms with Gasteiger partial charge in [-0.15, -0.1) is 0 Å². The first-order valence-electron chi connectivity index (χ1n) is 7.08. The minimum absolute atomic E-state index is 0.0124. The molecule has 4 heteroatoms. The predicted octanol–water partition coefficient (Wildman–Crippen LogP) is 5.46. The van der Waals surface area contributed by atoms with Gasteiger partial charge in [-0.2, -0.15) is 0 Å². The summed E-state index contributed by atoms with van der Waals surface area (Å²) in [4.78, 5) is 13.9. The highest BCUT2D eigenvalue weighted by molar-refractivity contribution is 9.10. The van der Waals surface area contributed by atoms with Crippen LogP contribution in [0.2, 0.25) is 0 Å². The van der Waals surface area contributed by atoms with Gasteiger partial charge in [-0.3, -0.25) is 4.79 Å². The average Bonchev–Trinajstić information content (AvgIpc) is 2.53. The fourth-order valence-corrected chi connectivity index (χ4v) is 4.05. The number of allylic oxidation sites excluding steroid dienone is 2. The molecule has 112 valence electrons. The van der Waals surface area contributed by atoms with Gasteiger partial charge in [0.1, 0.15) is 5.76 Å². The van der Waals surface area contributed by atoms with E-state index in [1.807, 2.05) is 54.6 Å². The lowest BCUT2D eigenvalue weighted by atomic mass is 9.86. The highest BCUT2D eigenvalue weighted by atomic mass is 79.9. The highest BCUT2D eigenvalue weighted by Gasteiger charge is 2.29. The molecule has 1 aliphatic rings. The number of hydrogen-bond acceptors (Lipinski definition) is 3. The summed E-state index contributed by atoms with van der Waals surface area (Å²) < 4.78 is 0.929. The lowest BCUT2D eigenvalue weighted by Crippen LogP contribution is -2.17. The quantitative estimate of drug-likeness (QED) is 0.774. The van der Waals surface area contributed by atoms with Gasteiger partial charge >= 0.3 is 0 Å². The Morgan fingerprint density at radius 2 is 1.68 bits per heavy atom. The molecule has 0 saturated heterocycles. The minimum atomic E-state index is 0.0124. The first-order valence-corrected chi connectivity index (χ1v) is 8.68. The number of carbonyl (C=O) groups is 1. The molecule has 2 aromatic carbocycles. The summed E-state index contributed by atoms with van der Waals surface area (Å²) in [5.41, 5.74) is 1.10. The molecule has 0 bridgehead atoms. The Morgan fingerprint density at radius 1 is 1.00 bits per heavy atom. The van der Waals surface area contributed by atoms with Gasteiger partial charge in [-0.1, -0.05) is 54.2 Å². The van der Waals surface area contributed by atoms with Gasteiger partial charge < -0.3 is 5.11 Å². The molecule has 1 unspecified atom stereocenters. The van der Waals surface area contributed by atoms with Gasteiger partial charge in [0.2, 0.25) is 0 Å². The maximum atomic E-state index is 12.5. The van der Waals surface area contributed by atoms with Crippen molar-refractivity contribution in [2.24, 2.45) is 0 Å². The Morgan fingerprint density at radius 3 is 2.36 bits per heavy atom. The summed E-state index contributed by atoms with van der Waals surface area (Å²) in [6, 6.07) is 17.6. The lowest BCUT2D eigenvalue weighted by molar-refractivity contribution is -0.115. The third-order valence-electron chi connectivity index (χ3n) is 3.71. The van der Waals surface area contributed by atoms with Gasteiger partial charge in [0.15, 0.2) is 5.78 Å². The third kappa shape index (κ3) is 3.28. The Bertz CT molecular complexity index is 725. The van der Waals surface area contributed by atoms with Crippen molar-refractivity contribution in [3.8, 4) is 0 Å². The maximum absolute atomic E-state index is 12.5. The van der Waals surface area contributed by atoms with Crippen molar-refractivity contribution in [1.82, 2.24) is 0 Å². The summed E-state index contributed by atoms with van der Waals surface area (Å²) in [6.45, 7) is 0. The van der Waals surface area contributed by atoms with E-state index >= 15 is 0 Å². The predicted molar refractivity (Wildman–Crippen MR) is 93.1 cm³/mol. The molecule has 0 amide bonds. The zero-order chi connectivity index (χ0) is 15.5. The van der Waals surface area contributed by atoms with E-state index in [0.29, 0.717) is 17.7 Å². The molecular weight excluding hydrogens is 360 g/mol. The number of ketones is 1. The van der Waals surface area contributed by atoms with Crippen LogP contribution < -0.4 is 0 Å². The van der Waals surface area contributed by atoms with Crippen molar-refractivity contribution >= 4 is 33.5 Å². The monoisotopic (exact) mass is 374 g/mol. The van der Waals surface area contributed by atoms with Crippen LogP contribution in [-0.4, -0.2) is 10.9 Å². The van der Waals surface area contributed by atoms with Gasteiger partial charge in [0, 0.05) is 22.2 Å². The van der Waals surface area contributed by atoms with E-state index in [1.165, 1.54) is 11.8 Å². The Kier molecular flexibility index (Phi) is 4.69. The molecule has 0 saturated carbocycles. The molecule has 0 fully saturated rings. The Balaban J connectivity index is 1.84. The van der Waals surface area contributed by atoms with E-state index in [2.05, 4.69) is 15.9 Å². The molecule has 3 rings (SSSR count). The van der Waals surface area contributed by atoms with E-state index in [4.69, 9.17) is 0 Å². The number of aliphatic hydroxyl groups is 1. The van der Waals surface area contributed by atoms with Crippen molar-refractivity contribution < 1.29 is 9.90 Å². The number of thioether (sulfide) groups is 1. The van der Waals surface area contributed by atoms with Crippen LogP contribution in [0.4, 0.5) is 0 Å². The molecule has 1 aliphatic carbocycles. The summed E-state index contributed by atoms with van der Waals surface area (Å²) in [6.07, 6.45) is 0.962. The number of carbonyl (C=O) groups excluding carboxylic acids is 1. The van der Waals surface area contributed by atoms with Crippen LogP contribution in [0.15, 0.2) is 74.6 Å². The van der Waals surface area contributed by atoms with Crippen LogP contribution in [0.1, 0.15) is 24.3 Å². The fraction of sp³-hybridized carbons (Fsp3) is 0.167. The average molecular weight is 375 g/mol. The van der Waals surface area contributed by atoms with E-state index in [-0.39, 0.29) is 17.5 Å². The lowest BCUT2D eigenvalue weighted by Gasteiger charge is -2.23.